The van der Waals surface area contributed by atoms with Crippen LogP contribution >= 0.6 is 0 Å². The van der Waals surface area contributed by atoms with E-state index in [1.807, 2.05) is 0 Å². The Morgan fingerprint density at radius 2 is 1.63 bits per heavy atom. The van der Waals surface area contributed by atoms with Crippen molar-refractivity contribution in [2.45, 2.75) is 38.5 Å². The first-order valence-corrected chi connectivity index (χ1v) is 7.04. The van der Waals surface area contributed by atoms with Crippen molar-refractivity contribution in [2.24, 2.45) is 5.92 Å². The molecule has 5 N–H and O–H groups in total. The zero-order valence-corrected chi connectivity index (χ0v) is 13.1. The average molecular weight is 315 g/mol. The quantitative estimate of drug-likeness (QED) is 0.532. The van der Waals surface area contributed by atoms with Gasteiger partial charge in [0.2, 0.25) is 0 Å². The molecule has 1 heterocycles. The highest BCUT2D eigenvalue weighted by atomic mass is 35.5. The summed E-state index contributed by atoms with van der Waals surface area (Å²) in [6.45, 7) is 6.07. The van der Waals surface area contributed by atoms with Crippen LogP contribution in [-0.4, -0.2) is 44.0 Å². The van der Waals surface area contributed by atoms with Crippen molar-refractivity contribution >= 4 is 5.78 Å². The van der Waals surface area contributed by atoms with Crippen LogP contribution in [0.25, 0.3) is 0 Å². The third kappa shape index (κ3) is 7.47. The van der Waals surface area contributed by atoms with E-state index in [2.05, 4.69) is 5.32 Å². The van der Waals surface area contributed by atoms with Gasteiger partial charge < -0.3 is 40.5 Å². The van der Waals surface area contributed by atoms with Gasteiger partial charge in [0.1, 0.15) is 32.0 Å². The van der Waals surface area contributed by atoms with Crippen LogP contribution in [0.15, 0.2) is 0 Å². The van der Waals surface area contributed by atoms with Crippen molar-refractivity contribution in [3.8, 4) is 0 Å². The number of nitrogens with one attached hydrogen (secondary N) is 1. The van der Waals surface area contributed by atoms with Crippen molar-refractivity contribution in [3.63, 3.8) is 0 Å². The number of ketones is 1. The summed E-state index contributed by atoms with van der Waals surface area (Å²) in [6.07, 6.45) is 7.07. The predicted molar refractivity (Wildman–Crippen MR) is 67.0 cm³/mol. The van der Waals surface area contributed by atoms with Gasteiger partial charge >= 0.3 is 0 Å². The van der Waals surface area contributed by atoms with Crippen molar-refractivity contribution in [1.29, 1.82) is 0 Å². The number of hydrogen-bond donors (Lipinski definition) is 2. The van der Waals surface area contributed by atoms with Crippen molar-refractivity contribution in [1.82, 2.24) is 0 Å². The first kappa shape index (κ1) is 21.4. The van der Waals surface area contributed by atoms with Gasteiger partial charge in [-0.05, 0) is 12.8 Å². The zero-order valence-electron chi connectivity index (χ0n) is 11.6. The minimum atomic E-state index is 0. The zero-order chi connectivity index (χ0) is 11.2. The van der Waals surface area contributed by atoms with E-state index in [0.29, 0.717) is 11.7 Å². The van der Waals surface area contributed by atoms with Crippen molar-refractivity contribution < 1.29 is 45.3 Å². The number of Topliss-reactive ketones (excluding diaryl/α,β-unsaturated/α-hetero) is 1. The van der Waals surface area contributed by atoms with Gasteiger partial charge in [0, 0.05) is 5.92 Å². The van der Waals surface area contributed by atoms with E-state index in [-0.39, 0.29) is 30.3 Å². The summed E-state index contributed by atoms with van der Waals surface area (Å²) >= 11 is 0. The number of piperazine rings is 1. The highest BCUT2D eigenvalue weighted by Gasteiger charge is 2.23. The average Bonchev–Trinajstić information content (AvgIpc) is 2.38. The largest absolute Gasteiger partial charge is 1.00 e. The SMILES string of the molecule is O.O=C(CC[NH+]1CC[NH2+]CC1)C1CCCCC1.[Cl-].[Cl-]. The van der Waals surface area contributed by atoms with Crippen LogP contribution in [0.5, 0.6) is 0 Å². The Morgan fingerprint density at radius 1 is 1.05 bits per heavy atom. The fraction of sp³-hybridized carbons (Fsp3) is 0.923. The standard InChI is InChI=1S/C13H24N2O.2ClH.H2O/c16-13(12-4-2-1-3-5-12)6-9-15-10-7-14-8-11-15;;;/h12,14H,1-11H2;2*1H;1H2. The molecule has 1 saturated carbocycles. The van der Waals surface area contributed by atoms with Gasteiger partial charge in [-0.25, -0.2) is 0 Å². The maximum absolute atomic E-state index is 12.0. The number of rotatable bonds is 4. The second kappa shape index (κ2) is 11.9. The molecule has 2 aliphatic rings. The van der Waals surface area contributed by atoms with Crippen LogP contribution in [0, 0.1) is 5.92 Å². The van der Waals surface area contributed by atoms with E-state index in [4.69, 9.17) is 0 Å². The topological polar surface area (TPSA) is 69.6 Å². The summed E-state index contributed by atoms with van der Waals surface area (Å²) in [7, 11) is 0. The minimum Gasteiger partial charge on any atom is -1.00 e. The number of quaternary nitrogens is 2. The van der Waals surface area contributed by atoms with Crippen LogP contribution < -0.4 is 35.0 Å². The van der Waals surface area contributed by atoms with E-state index < -0.39 is 0 Å². The molecule has 0 radical (unpaired) electrons. The fourth-order valence-electron chi connectivity index (χ4n) is 3.06. The number of hydrogen-bond acceptors (Lipinski definition) is 1. The number of carbonyl (C=O) groups is 1. The van der Waals surface area contributed by atoms with Crippen LogP contribution in [0.3, 0.4) is 0 Å². The molecule has 0 aromatic rings. The number of carbonyl (C=O) groups excluding carboxylic acids is 1. The summed E-state index contributed by atoms with van der Waals surface area (Å²) in [5, 5.41) is 2.38. The van der Waals surface area contributed by atoms with Gasteiger partial charge in [0.25, 0.3) is 0 Å². The monoisotopic (exact) mass is 314 g/mol. The molecule has 0 atom stereocenters. The molecule has 1 aliphatic carbocycles. The molecule has 0 amide bonds. The molecular weight excluding hydrogens is 287 g/mol. The Kier molecular flexibility index (Phi) is 13.4. The molecule has 19 heavy (non-hydrogen) atoms. The molecule has 6 heteroatoms. The molecule has 2 rings (SSSR count). The summed E-state index contributed by atoms with van der Waals surface area (Å²) in [6, 6.07) is 0. The van der Waals surface area contributed by atoms with Gasteiger partial charge in [-0.15, -0.1) is 0 Å². The third-order valence-electron chi connectivity index (χ3n) is 4.19. The van der Waals surface area contributed by atoms with Gasteiger partial charge in [0.15, 0.2) is 0 Å². The molecule has 0 aromatic carbocycles. The number of halogens is 2. The molecule has 1 saturated heterocycles. The van der Waals surface area contributed by atoms with E-state index >= 15 is 0 Å². The lowest BCUT2D eigenvalue weighted by Gasteiger charge is -2.24. The molecule has 0 spiro atoms. The van der Waals surface area contributed by atoms with Gasteiger partial charge in [-0.1, -0.05) is 19.3 Å². The minimum absolute atomic E-state index is 0. The van der Waals surface area contributed by atoms with Crippen LogP contribution in [0.4, 0.5) is 0 Å². The van der Waals surface area contributed by atoms with Crippen molar-refractivity contribution in [3.05, 3.63) is 0 Å². The normalized spacial score (nSPS) is 20.6. The molecule has 0 aromatic heterocycles. The smallest absolute Gasteiger partial charge is 0.141 e. The molecule has 116 valence electrons. The van der Waals surface area contributed by atoms with E-state index in [9.17, 15) is 4.79 Å². The number of nitrogens with two attached hydrogens (primary N) is 1. The predicted octanol–water partition coefficient (Wildman–Crippen LogP) is -7.83. The summed E-state index contributed by atoms with van der Waals surface area (Å²) in [4.78, 5) is 13.7. The molecule has 1 aliphatic heterocycles. The molecule has 2 fully saturated rings. The highest BCUT2D eigenvalue weighted by molar-refractivity contribution is 5.81. The van der Waals surface area contributed by atoms with Gasteiger partial charge in [0.05, 0.1) is 13.0 Å². The van der Waals surface area contributed by atoms with E-state index in [1.165, 1.54) is 58.3 Å². The van der Waals surface area contributed by atoms with Crippen molar-refractivity contribution in [2.75, 3.05) is 32.7 Å². The van der Waals surface area contributed by atoms with Crippen LogP contribution in [0.1, 0.15) is 38.5 Å². The second-order valence-electron chi connectivity index (χ2n) is 5.42. The van der Waals surface area contributed by atoms with Crippen LogP contribution in [0.2, 0.25) is 0 Å². The van der Waals surface area contributed by atoms with E-state index in [1.54, 1.807) is 4.90 Å². The summed E-state index contributed by atoms with van der Waals surface area (Å²) < 4.78 is 0. The molecule has 0 unspecified atom stereocenters. The lowest BCUT2D eigenvalue weighted by Crippen LogP contribution is -3.20. The lowest BCUT2D eigenvalue weighted by molar-refractivity contribution is -0.946. The fourth-order valence-corrected chi connectivity index (χ4v) is 3.06. The van der Waals surface area contributed by atoms with E-state index in [0.717, 1.165) is 13.0 Å². The third-order valence-corrected chi connectivity index (χ3v) is 4.19. The first-order chi connectivity index (χ1) is 7.86. The summed E-state index contributed by atoms with van der Waals surface area (Å²) in [5.74, 6) is 0.978. The maximum atomic E-state index is 12.0. The molecular formula is C13H28Cl2N2O2. The Bertz CT molecular complexity index is 231. The lowest BCUT2D eigenvalue weighted by atomic mass is 9.85. The van der Waals surface area contributed by atoms with Crippen LogP contribution in [-0.2, 0) is 4.79 Å². The Balaban J connectivity index is 0. The second-order valence-corrected chi connectivity index (χ2v) is 5.42. The Morgan fingerprint density at radius 3 is 2.21 bits per heavy atom. The molecule has 0 bridgehead atoms. The van der Waals surface area contributed by atoms with Gasteiger partial charge in [-0.3, -0.25) is 4.79 Å². The Labute approximate surface area is 128 Å². The first-order valence-electron chi connectivity index (χ1n) is 7.04. The summed E-state index contributed by atoms with van der Waals surface area (Å²) in [5.41, 5.74) is 0. The van der Waals surface area contributed by atoms with Gasteiger partial charge in [-0.2, -0.15) is 0 Å². The Hall–Kier alpha value is 0.130. The molecule has 4 nitrogen and oxygen atoms in total. The maximum Gasteiger partial charge on any atom is 0.141 e. The highest BCUT2D eigenvalue weighted by Crippen LogP contribution is 2.24.